The fraction of sp³-hybridized carbons (Fsp3) is 0.273. The number of hydrogen-bond donors (Lipinski definition) is 1. The van der Waals surface area contributed by atoms with E-state index in [-0.39, 0.29) is 16.2 Å². The van der Waals surface area contributed by atoms with Crippen molar-refractivity contribution in [1.82, 2.24) is 9.55 Å². The second-order valence-corrected chi connectivity index (χ2v) is 4.54. The molecule has 1 aromatic rings. The Labute approximate surface area is 108 Å². The van der Waals surface area contributed by atoms with Crippen molar-refractivity contribution < 1.29 is 9.90 Å². The number of nitrogens with zero attached hydrogens (tertiary/aromatic N) is 2. The smallest absolute Gasteiger partial charge is 0.204 e. The molecular weight excluding hydrogens is 263 g/mol. The maximum atomic E-state index is 11.6. The first-order chi connectivity index (χ1) is 7.95. The largest absolute Gasteiger partial charge is 0.375 e. The van der Waals surface area contributed by atoms with Crippen molar-refractivity contribution in [3.63, 3.8) is 0 Å². The van der Waals surface area contributed by atoms with Gasteiger partial charge in [0.05, 0.1) is 6.04 Å². The summed E-state index contributed by atoms with van der Waals surface area (Å²) in [5.41, 5.74) is -1.62. The maximum Gasteiger partial charge on any atom is 0.204 e. The molecule has 90 valence electrons. The van der Waals surface area contributed by atoms with Crippen molar-refractivity contribution in [3.05, 3.63) is 40.9 Å². The van der Waals surface area contributed by atoms with Gasteiger partial charge in [-0.15, -0.1) is 0 Å². The fourth-order valence-electron chi connectivity index (χ4n) is 1.79. The number of hydrogen-bond acceptors (Lipinski definition) is 3. The van der Waals surface area contributed by atoms with Crippen molar-refractivity contribution >= 4 is 29.0 Å². The minimum atomic E-state index is -1.62. The molecule has 0 saturated carbocycles. The van der Waals surface area contributed by atoms with Crippen molar-refractivity contribution in [2.75, 3.05) is 0 Å². The van der Waals surface area contributed by atoms with E-state index in [1.165, 1.54) is 23.8 Å². The second kappa shape index (κ2) is 4.29. The van der Waals surface area contributed by atoms with Crippen LogP contribution in [0, 0.1) is 0 Å². The lowest BCUT2D eigenvalue weighted by atomic mass is 9.86. The second-order valence-electron chi connectivity index (χ2n) is 3.81. The quantitative estimate of drug-likeness (QED) is 0.898. The zero-order valence-corrected chi connectivity index (χ0v) is 10.5. The molecule has 2 rings (SSSR count). The molecule has 0 spiro atoms. The predicted molar refractivity (Wildman–Crippen MR) is 65.2 cm³/mol. The lowest BCUT2D eigenvalue weighted by Crippen LogP contribution is -2.44. The van der Waals surface area contributed by atoms with Crippen molar-refractivity contribution in [2.45, 2.75) is 18.6 Å². The minimum absolute atomic E-state index is 0.125. The van der Waals surface area contributed by atoms with E-state index in [9.17, 15) is 9.90 Å². The maximum absolute atomic E-state index is 11.6. The lowest BCUT2D eigenvalue weighted by Gasteiger charge is -2.32. The third kappa shape index (κ3) is 2.04. The SMILES string of the molecule is CC(=O)[C@@]1(O)C=CC=C[C@H]1n1cc(Cl)nc1Cl. The van der Waals surface area contributed by atoms with Gasteiger partial charge in [0.2, 0.25) is 5.28 Å². The highest BCUT2D eigenvalue weighted by Gasteiger charge is 2.40. The van der Waals surface area contributed by atoms with Crippen LogP contribution in [0.25, 0.3) is 0 Å². The molecule has 0 aromatic carbocycles. The molecule has 6 heteroatoms. The number of carbonyl (C=O) groups is 1. The number of imidazole rings is 1. The van der Waals surface area contributed by atoms with Gasteiger partial charge in [-0.25, -0.2) is 4.98 Å². The molecule has 0 bridgehead atoms. The van der Waals surface area contributed by atoms with E-state index in [2.05, 4.69) is 4.98 Å². The number of rotatable bonds is 2. The summed E-state index contributed by atoms with van der Waals surface area (Å²) in [4.78, 5) is 15.4. The zero-order valence-electron chi connectivity index (χ0n) is 8.97. The molecule has 1 heterocycles. The summed E-state index contributed by atoms with van der Waals surface area (Å²) < 4.78 is 1.46. The Morgan fingerprint density at radius 1 is 1.53 bits per heavy atom. The van der Waals surface area contributed by atoms with Crippen LogP contribution in [-0.2, 0) is 4.79 Å². The van der Waals surface area contributed by atoms with Crippen LogP contribution in [0.3, 0.4) is 0 Å². The number of Topliss-reactive ketones (excluding diaryl/α,β-unsaturated/α-hetero) is 1. The molecule has 0 aliphatic heterocycles. The Bertz CT molecular complexity index is 522. The zero-order chi connectivity index (χ0) is 12.6. The monoisotopic (exact) mass is 272 g/mol. The molecule has 1 aliphatic carbocycles. The van der Waals surface area contributed by atoms with Crippen molar-refractivity contribution in [1.29, 1.82) is 0 Å². The highest BCUT2D eigenvalue weighted by Crippen LogP contribution is 2.33. The Hall–Kier alpha value is -1.10. The number of aliphatic hydroxyl groups is 1. The van der Waals surface area contributed by atoms with Crippen LogP contribution in [-0.4, -0.2) is 26.0 Å². The Balaban J connectivity index is 2.50. The molecule has 1 aliphatic rings. The number of ketones is 1. The average Bonchev–Trinajstić information content (AvgIpc) is 2.58. The molecule has 17 heavy (non-hydrogen) atoms. The van der Waals surface area contributed by atoms with Gasteiger partial charge in [-0.2, -0.15) is 0 Å². The van der Waals surface area contributed by atoms with E-state index in [4.69, 9.17) is 23.2 Å². The predicted octanol–water partition coefficient (Wildman–Crippen LogP) is 2.18. The van der Waals surface area contributed by atoms with E-state index < -0.39 is 11.6 Å². The van der Waals surface area contributed by atoms with Crippen LogP contribution >= 0.6 is 23.2 Å². The Kier molecular flexibility index (Phi) is 3.12. The summed E-state index contributed by atoms with van der Waals surface area (Å²) in [6.45, 7) is 1.32. The Morgan fingerprint density at radius 3 is 2.76 bits per heavy atom. The van der Waals surface area contributed by atoms with E-state index in [1.54, 1.807) is 18.2 Å². The number of allylic oxidation sites excluding steroid dienone is 2. The number of carbonyl (C=O) groups excluding carboxylic acids is 1. The molecule has 0 fully saturated rings. The highest BCUT2D eigenvalue weighted by molar-refractivity contribution is 6.32. The molecular formula is C11H10Cl2N2O2. The molecule has 4 nitrogen and oxygen atoms in total. The van der Waals surface area contributed by atoms with Gasteiger partial charge in [-0.3, -0.25) is 4.79 Å². The van der Waals surface area contributed by atoms with Gasteiger partial charge in [-0.05, 0) is 24.6 Å². The van der Waals surface area contributed by atoms with Gasteiger partial charge in [-0.1, -0.05) is 29.8 Å². The molecule has 1 N–H and O–H groups in total. The molecule has 1 aromatic heterocycles. The normalized spacial score (nSPS) is 27.4. The van der Waals surface area contributed by atoms with Crippen LogP contribution in [0.4, 0.5) is 0 Å². The van der Waals surface area contributed by atoms with E-state index in [0.717, 1.165) is 0 Å². The molecule has 2 atom stereocenters. The van der Waals surface area contributed by atoms with Gasteiger partial charge in [0.1, 0.15) is 5.15 Å². The van der Waals surface area contributed by atoms with Crippen molar-refractivity contribution in [3.8, 4) is 0 Å². The van der Waals surface area contributed by atoms with Gasteiger partial charge in [0.25, 0.3) is 0 Å². The number of halogens is 2. The van der Waals surface area contributed by atoms with Crippen molar-refractivity contribution in [2.24, 2.45) is 0 Å². The van der Waals surface area contributed by atoms with E-state index in [0.29, 0.717) is 0 Å². The summed E-state index contributed by atoms with van der Waals surface area (Å²) in [5.74, 6) is -0.371. The average molecular weight is 273 g/mol. The highest BCUT2D eigenvalue weighted by atomic mass is 35.5. The Morgan fingerprint density at radius 2 is 2.24 bits per heavy atom. The fourth-order valence-corrected chi connectivity index (χ4v) is 2.26. The summed E-state index contributed by atoms with van der Waals surface area (Å²) in [6, 6.07) is -0.641. The van der Waals surface area contributed by atoms with Crippen LogP contribution in [0.1, 0.15) is 13.0 Å². The molecule has 0 amide bonds. The minimum Gasteiger partial charge on any atom is -0.375 e. The third-order valence-electron chi connectivity index (χ3n) is 2.73. The van der Waals surface area contributed by atoms with E-state index >= 15 is 0 Å². The lowest BCUT2D eigenvalue weighted by molar-refractivity contribution is -0.133. The van der Waals surface area contributed by atoms with Crippen LogP contribution in [0.2, 0.25) is 10.4 Å². The van der Waals surface area contributed by atoms with Gasteiger partial charge < -0.3 is 9.67 Å². The molecule has 0 saturated heterocycles. The summed E-state index contributed by atoms with van der Waals surface area (Å²) in [5, 5.41) is 10.7. The molecule has 0 radical (unpaired) electrons. The van der Waals surface area contributed by atoms with Gasteiger partial charge in [0, 0.05) is 6.20 Å². The first-order valence-electron chi connectivity index (χ1n) is 4.94. The first kappa shape index (κ1) is 12.4. The van der Waals surface area contributed by atoms with Crippen LogP contribution in [0.15, 0.2) is 30.5 Å². The summed E-state index contributed by atoms with van der Waals surface area (Å²) >= 11 is 11.6. The topological polar surface area (TPSA) is 55.1 Å². The van der Waals surface area contributed by atoms with Gasteiger partial charge >= 0.3 is 0 Å². The standard InChI is InChI=1S/C11H10Cl2N2O2/c1-7(16)11(17)5-3-2-4-8(11)15-6-9(12)14-10(15)13/h2-6,8,17H,1H3/t8-,11+/m1/s1. The van der Waals surface area contributed by atoms with Crippen LogP contribution < -0.4 is 0 Å². The summed E-state index contributed by atoms with van der Waals surface area (Å²) in [6.07, 6.45) is 7.93. The third-order valence-corrected chi connectivity index (χ3v) is 3.19. The van der Waals surface area contributed by atoms with E-state index in [1.807, 2.05) is 0 Å². The summed E-state index contributed by atoms with van der Waals surface area (Å²) in [7, 11) is 0. The van der Waals surface area contributed by atoms with Gasteiger partial charge in [0.15, 0.2) is 11.4 Å². The van der Waals surface area contributed by atoms with Crippen LogP contribution in [0.5, 0.6) is 0 Å². The number of aromatic nitrogens is 2. The molecule has 0 unspecified atom stereocenters. The first-order valence-corrected chi connectivity index (χ1v) is 5.70.